The lowest BCUT2D eigenvalue weighted by atomic mass is 9.97. The Kier molecular flexibility index (Phi) is 10.7. The van der Waals surface area contributed by atoms with Crippen molar-refractivity contribution in [2.24, 2.45) is 11.8 Å². The zero-order valence-corrected chi connectivity index (χ0v) is 18.9. The molecule has 2 atom stereocenters. The van der Waals surface area contributed by atoms with E-state index in [2.05, 4.69) is 37.9 Å². The summed E-state index contributed by atoms with van der Waals surface area (Å²) < 4.78 is 10.5. The molecule has 27 heavy (non-hydrogen) atoms. The second-order valence-electron chi connectivity index (χ2n) is 8.74. The van der Waals surface area contributed by atoms with Crippen LogP contribution in [-0.2, 0) is 14.3 Å². The van der Waals surface area contributed by atoms with Crippen LogP contribution < -0.4 is 5.32 Å². The van der Waals surface area contributed by atoms with Gasteiger partial charge in [0.15, 0.2) is 0 Å². The molecule has 158 valence electrons. The van der Waals surface area contributed by atoms with E-state index >= 15 is 0 Å². The lowest BCUT2D eigenvalue weighted by molar-refractivity contribution is -0.138. The third-order valence-electron chi connectivity index (χ3n) is 4.20. The highest BCUT2D eigenvalue weighted by atomic mass is 16.6. The van der Waals surface area contributed by atoms with Gasteiger partial charge in [0.1, 0.15) is 5.60 Å². The maximum atomic E-state index is 12.2. The fraction of sp³-hybridized carbons (Fsp3) is 0.810. The normalized spacial score (nSPS) is 15.1. The molecular formula is C21H40N2O4. The van der Waals surface area contributed by atoms with E-state index in [1.165, 1.54) is 0 Å². The van der Waals surface area contributed by atoms with Crippen molar-refractivity contribution in [3.63, 3.8) is 0 Å². The predicted molar refractivity (Wildman–Crippen MR) is 110 cm³/mol. The first kappa shape index (κ1) is 25.4. The lowest BCUT2D eigenvalue weighted by Crippen LogP contribution is -2.50. The van der Waals surface area contributed by atoms with Crippen LogP contribution in [0.2, 0.25) is 0 Å². The molecule has 0 aromatic rings. The summed E-state index contributed by atoms with van der Waals surface area (Å²) in [7, 11) is 2.01. The van der Waals surface area contributed by atoms with E-state index in [4.69, 9.17) is 9.47 Å². The summed E-state index contributed by atoms with van der Waals surface area (Å²) in [5.41, 5.74) is 0.0703. The first-order valence-electron chi connectivity index (χ1n) is 9.83. The van der Waals surface area contributed by atoms with Gasteiger partial charge in [-0.3, -0.25) is 4.90 Å². The quantitative estimate of drug-likeness (QED) is 0.481. The van der Waals surface area contributed by atoms with Crippen molar-refractivity contribution in [3.8, 4) is 0 Å². The van der Waals surface area contributed by atoms with Gasteiger partial charge in [-0.05, 0) is 53.5 Å². The molecule has 6 nitrogen and oxygen atoms in total. The van der Waals surface area contributed by atoms with Crippen LogP contribution in [0.4, 0.5) is 4.79 Å². The van der Waals surface area contributed by atoms with E-state index in [9.17, 15) is 9.59 Å². The molecule has 1 amide bonds. The summed E-state index contributed by atoms with van der Waals surface area (Å²) in [6.07, 6.45) is 1.54. The number of nitrogens with one attached hydrogen (secondary N) is 1. The van der Waals surface area contributed by atoms with E-state index in [-0.39, 0.29) is 24.0 Å². The number of esters is 1. The van der Waals surface area contributed by atoms with E-state index in [0.717, 1.165) is 0 Å². The smallest absolute Gasteiger partial charge is 0.407 e. The Morgan fingerprint density at radius 2 is 1.67 bits per heavy atom. The molecule has 0 aliphatic carbocycles. The maximum Gasteiger partial charge on any atom is 0.407 e. The Labute approximate surface area is 165 Å². The molecule has 0 aromatic carbocycles. The average Bonchev–Trinajstić information content (AvgIpc) is 2.49. The molecule has 1 unspecified atom stereocenters. The van der Waals surface area contributed by atoms with E-state index in [1.54, 1.807) is 13.8 Å². The van der Waals surface area contributed by atoms with Crippen LogP contribution in [-0.4, -0.2) is 54.8 Å². The van der Waals surface area contributed by atoms with Crippen LogP contribution in [0, 0.1) is 11.8 Å². The van der Waals surface area contributed by atoms with Crippen molar-refractivity contribution < 1.29 is 19.1 Å². The number of alkyl carbamates (subject to hydrolysis) is 1. The van der Waals surface area contributed by atoms with Crippen molar-refractivity contribution in [2.45, 2.75) is 80.0 Å². The molecule has 0 heterocycles. The SMILES string of the molecule is CCOC(=O)C(C)=C[C@H](C(C)C)N(C)CC(NC(=O)OC(C)(C)C)C(C)C. The maximum absolute atomic E-state index is 12.2. The minimum absolute atomic E-state index is 0.0519. The molecule has 6 heteroatoms. The Morgan fingerprint density at radius 1 is 1.11 bits per heavy atom. The summed E-state index contributed by atoms with van der Waals surface area (Å²) >= 11 is 0. The standard InChI is InChI=1S/C21H40N2O4/c1-11-26-19(24)16(6)12-18(15(4)5)23(10)13-17(14(2)3)22-20(25)27-21(7,8)9/h12,14-15,17-18H,11,13H2,1-10H3,(H,22,25)/t17?,18-/m1/s1. The van der Waals surface area contributed by atoms with Crippen molar-refractivity contribution in [1.29, 1.82) is 0 Å². The number of nitrogens with zero attached hydrogens (tertiary/aromatic N) is 1. The molecule has 0 aromatic heterocycles. The summed E-state index contributed by atoms with van der Waals surface area (Å²) in [6.45, 7) is 18.5. The van der Waals surface area contributed by atoms with E-state index in [1.807, 2.05) is 33.9 Å². The van der Waals surface area contributed by atoms with Crippen molar-refractivity contribution >= 4 is 12.1 Å². The fourth-order valence-corrected chi connectivity index (χ4v) is 2.71. The van der Waals surface area contributed by atoms with E-state index in [0.29, 0.717) is 24.6 Å². The largest absolute Gasteiger partial charge is 0.463 e. The van der Waals surface area contributed by atoms with Crippen molar-refractivity contribution in [1.82, 2.24) is 10.2 Å². The van der Waals surface area contributed by atoms with Gasteiger partial charge in [0, 0.05) is 24.2 Å². The predicted octanol–water partition coefficient (Wildman–Crippen LogP) is 4.00. The minimum atomic E-state index is -0.530. The molecule has 0 rings (SSSR count). The molecular weight excluding hydrogens is 344 g/mol. The van der Waals surface area contributed by atoms with Gasteiger partial charge in [0.05, 0.1) is 6.61 Å². The van der Waals surface area contributed by atoms with Gasteiger partial charge in [-0.1, -0.05) is 33.8 Å². The van der Waals surface area contributed by atoms with Gasteiger partial charge in [0.2, 0.25) is 0 Å². The summed E-state index contributed by atoms with van der Waals surface area (Å²) in [5, 5.41) is 2.98. The van der Waals surface area contributed by atoms with Gasteiger partial charge >= 0.3 is 12.1 Å². The first-order valence-corrected chi connectivity index (χ1v) is 9.83. The highest BCUT2D eigenvalue weighted by Crippen LogP contribution is 2.16. The Hall–Kier alpha value is -1.56. The number of hydrogen-bond donors (Lipinski definition) is 1. The number of carbonyl (C=O) groups is 2. The molecule has 0 saturated heterocycles. The second-order valence-corrected chi connectivity index (χ2v) is 8.74. The average molecular weight is 385 g/mol. The van der Waals surface area contributed by atoms with Crippen LogP contribution in [0.25, 0.3) is 0 Å². The third kappa shape index (κ3) is 10.4. The van der Waals surface area contributed by atoms with Gasteiger partial charge in [-0.2, -0.15) is 0 Å². The van der Waals surface area contributed by atoms with Crippen LogP contribution >= 0.6 is 0 Å². The van der Waals surface area contributed by atoms with Crippen LogP contribution in [0.3, 0.4) is 0 Å². The zero-order chi connectivity index (χ0) is 21.4. The molecule has 1 N–H and O–H groups in total. The molecule has 0 radical (unpaired) electrons. The molecule has 0 aliphatic heterocycles. The monoisotopic (exact) mass is 384 g/mol. The molecule has 0 bridgehead atoms. The summed E-state index contributed by atoms with van der Waals surface area (Å²) in [5.74, 6) is 0.250. The Balaban J connectivity index is 5.20. The zero-order valence-electron chi connectivity index (χ0n) is 18.9. The highest BCUT2D eigenvalue weighted by molar-refractivity contribution is 5.87. The number of likely N-dealkylation sites (N-methyl/N-ethyl adjacent to an activating group) is 1. The molecule has 0 saturated carbocycles. The lowest BCUT2D eigenvalue weighted by Gasteiger charge is -2.34. The summed E-state index contributed by atoms with van der Waals surface area (Å²) in [6, 6.07) is -0.0153. The van der Waals surface area contributed by atoms with Gasteiger partial charge in [0.25, 0.3) is 0 Å². The van der Waals surface area contributed by atoms with Crippen molar-refractivity contribution in [2.75, 3.05) is 20.2 Å². The molecule has 0 fully saturated rings. The number of hydrogen-bond acceptors (Lipinski definition) is 5. The van der Waals surface area contributed by atoms with Crippen LogP contribution in [0.15, 0.2) is 11.6 Å². The van der Waals surface area contributed by atoms with Gasteiger partial charge in [-0.15, -0.1) is 0 Å². The Bertz CT molecular complexity index is 507. The topological polar surface area (TPSA) is 67.9 Å². The highest BCUT2D eigenvalue weighted by Gasteiger charge is 2.26. The minimum Gasteiger partial charge on any atom is -0.463 e. The third-order valence-corrected chi connectivity index (χ3v) is 4.20. The van der Waals surface area contributed by atoms with Crippen LogP contribution in [0.1, 0.15) is 62.3 Å². The number of amides is 1. The van der Waals surface area contributed by atoms with Crippen molar-refractivity contribution in [3.05, 3.63) is 11.6 Å². The molecule has 0 spiro atoms. The van der Waals surface area contributed by atoms with E-state index < -0.39 is 11.7 Å². The summed E-state index contributed by atoms with van der Waals surface area (Å²) in [4.78, 5) is 26.3. The van der Waals surface area contributed by atoms with Gasteiger partial charge in [-0.25, -0.2) is 9.59 Å². The first-order chi connectivity index (χ1) is 12.3. The van der Waals surface area contributed by atoms with Gasteiger partial charge < -0.3 is 14.8 Å². The molecule has 0 aliphatic rings. The number of carbonyl (C=O) groups excluding carboxylic acids is 2. The number of rotatable bonds is 9. The second kappa shape index (κ2) is 11.3. The van der Waals surface area contributed by atoms with Crippen LogP contribution in [0.5, 0.6) is 0 Å². The Morgan fingerprint density at radius 3 is 2.07 bits per heavy atom. The fourth-order valence-electron chi connectivity index (χ4n) is 2.71. The number of ether oxygens (including phenoxy) is 2.